The second-order valence-corrected chi connectivity index (χ2v) is 9.53. The number of carbonyl (C=O) groups excluding carboxylic acids is 1. The van der Waals surface area contributed by atoms with E-state index in [4.69, 9.17) is 5.11 Å². The Bertz CT molecular complexity index is 602. The molecule has 5 nitrogen and oxygen atoms in total. The van der Waals surface area contributed by atoms with Gasteiger partial charge >= 0.3 is 5.97 Å². The summed E-state index contributed by atoms with van der Waals surface area (Å²) in [6.07, 6.45) is 3.64. The maximum absolute atomic E-state index is 12.1. The van der Waals surface area contributed by atoms with Crippen LogP contribution in [0.25, 0.3) is 0 Å². The minimum atomic E-state index is -0.817. The molecule has 1 aromatic rings. The summed E-state index contributed by atoms with van der Waals surface area (Å²) >= 11 is 4.48. The molecular formula is C18H24O5S3. The van der Waals surface area contributed by atoms with Gasteiger partial charge in [0, 0.05) is 23.6 Å². The first kappa shape index (κ1) is 21.5. The van der Waals surface area contributed by atoms with Crippen molar-refractivity contribution in [2.45, 2.75) is 36.7 Å². The largest absolute Gasteiger partial charge is 0.481 e. The summed E-state index contributed by atoms with van der Waals surface area (Å²) in [5.41, 5.74) is 0. The molecule has 1 aromatic heterocycles. The molecule has 3 N–H and O–H groups in total. The number of carboxylic acids is 1. The lowest BCUT2D eigenvalue weighted by Crippen LogP contribution is -2.22. The lowest BCUT2D eigenvalue weighted by atomic mass is 10.0. The number of aliphatic hydroxyl groups excluding tert-OH is 2. The second-order valence-electron chi connectivity index (χ2n) is 6.14. The first-order chi connectivity index (χ1) is 12.5. The summed E-state index contributed by atoms with van der Waals surface area (Å²) in [7, 11) is 0. The third kappa shape index (κ3) is 7.08. The molecule has 26 heavy (non-hydrogen) atoms. The van der Waals surface area contributed by atoms with E-state index in [-0.39, 0.29) is 29.1 Å². The highest BCUT2D eigenvalue weighted by atomic mass is 32.2. The van der Waals surface area contributed by atoms with Gasteiger partial charge in [0.05, 0.1) is 23.2 Å². The Morgan fingerprint density at radius 1 is 1.42 bits per heavy atom. The lowest BCUT2D eigenvalue weighted by molar-refractivity contribution is -0.133. The van der Waals surface area contributed by atoms with E-state index in [9.17, 15) is 19.8 Å². The molecule has 0 aromatic carbocycles. The van der Waals surface area contributed by atoms with Crippen LogP contribution in [0, 0.1) is 5.92 Å². The average molecular weight is 417 g/mol. The smallest absolute Gasteiger partial charge is 0.313 e. The number of aliphatic carboxylic acids is 1. The molecule has 0 spiro atoms. The molecule has 0 bridgehead atoms. The van der Waals surface area contributed by atoms with E-state index in [0.29, 0.717) is 6.42 Å². The van der Waals surface area contributed by atoms with Gasteiger partial charge in [0.15, 0.2) is 0 Å². The van der Waals surface area contributed by atoms with Gasteiger partial charge in [0.2, 0.25) is 0 Å². The summed E-state index contributed by atoms with van der Waals surface area (Å²) < 4.78 is 0. The maximum atomic E-state index is 12.1. The number of thiophene rings is 1. The van der Waals surface area contributed by atoms with Crippen LogP contribution in [0.2, 0.25) is 0 Å². The molecule has 2 rings (SSSR count). The topological polar surface area (TPSA) is 94.8 Å². The van der Waals surface area contributed by atoms with Gasteiger partial charge < -0.3 is 15.3 Å². The molecule has 0 saturated heterocycles. The van der Waals surface area contributed by atoms with Crippen LogP contribution >= 0.6 is 34.9 Å². The van der Waals surface area contributed by atoms with Crippen LogP contribution in [-0.2, 0) is 16.0 Å². The number of hydrogen-bond acceptors (Lipinski definition) is 7. The number of rotatable bonds is 11. The molecule has 1 saturated carbocycles. The van der Waals surface area contributed by atoms with Gasteiger partial charge in [-0.2, -0.15) is 11.8 Å². The molecule has 144 valence electrons. The number of Topliss-reactive ketones (excluding diaryl/α,β-unsaturated/α-hetero) is 1. The monoisotopic (exact) mass is 416 g/mol. The lowest BCUT2D eigenvalue weighted by Gasteiger charge is -2.17. The van der Waals surface area contributed by atoms with Gasteiger partial charge in [-0.3, -0.25) is 9.59 Å². The van der Waals surface area contributed by atoms with Crippen molar-refractivity contribution in [1.82, 2.24) is 0 Å². The highest BCUT2D eigenvalue weighted by Gasteiger charge is 2.40. The Balaban J connectivity index is 1.79. The molecule has 1 aliphatic rings. The number of ketones is 1. The van der Waals surface area contributed by atoms with E-state index < -0.39 is 18.2 Å². The van der Waals surface area contributed by atoms with Gasteiger partial charge in [-0.05, 0) is 29.4 Å². The van der Waals surface area contributed by atoms with Crippen LogP contribution in [0.5, 0.6) is 0 Å². The van der Waals surface area contributed by atoms with Crippen LogP contribution in [0.1, 0.15) is 17.7 Å². The third-order valence-electron chi connectivity index (χ3n) is 4.02. The molecule has 4 atom stereocenters. The van der Waals surface area contributed by atoms with Crippen LogP contribution in [0.3, 0.4) is 0 Å². The Kier molecular flexibility index (Phi) is 9.21. The van der Waals surface area contributed by atoms with Crippen LogP contribution < -0.4 is 0 Å². The van der Waals surface area contributed by atoms with E-state index in [0.717, 1.165) is 22.8 Å². The molecule has 3 unspecified atom stereocenters. The number of carboxylic acid groups (broad SMARTS) is 1. The normalized spacial score (nSPS) is 24.4. The van der Waals surface area contributed by atoms with Crippen LogP contribution in [0.4, 0.5) is 0 Å². The fourth-order valence-corrected chi connectivity index (χ4v) is 5.75. The number of aliphatic hydroxyl groups is 2. The zero-order valence-electron chi connectivity index (χ0n) is 14.3. The fourth-order valence-electron chi connectivity index (χ4n) is 2.80. The first-order valence-corrected chi connectivity index (χ1v) is 11.6. The van der Waals surface area contributed by atoms with E-state index >= 15 is 0 Å². The predicted octanol–water partition coefficient (Wildman–Crippen LogP) is 2.47. The summed E-state index contributed by atoms with van der Waals surface area (Å²) in [6.45, 7) is 0. The highest BCUT2D eigenvalue weighted by molar-refractivity contribution is 8.01. The first-order valence-electron chi connectivity index (χ1n) is 8.48. The summed E-state index contributed by atoms with van der Waals surface area (Å²) in [6, 6.07) is 3.91. The summed E-state index contributed by atoms with van der Waals surface area (Å²) in [5, 5.41) is 30.6. The number of carbonyl (C=O) groups is 2. The average Bonchev–Trinajstić information content (AvgIpc) is 3.17. The molecule has 8 heteroatoms. The van der Waals surface area contributed by atoms with Crippen LogP contribution in [-0.4, -0.2) is 61.8 Å². The predicted molar refractivity (Wildman–Crippen MR) is 108 cm³/mol. The Morgan fingerprint density at radius 3 is 2.92 bits per heavy atom. The van der Waals surface area contributed by atoms with Crippen molar-refractivity contribution in [2.24, 2.45) is 5.92 Å². The van der Waals surface area contributed by atoms with Crippen molar-refractivity contribution in [1.29, 1.82) is 0 Å². The third-order valence-corrected chi connectivity index (χ3v) is 7.41. The Morgan fingerprint density at radius 2 is 2.23 bits per heavy atom. The van der Waals surface area contributed by atoms with Crippen molar-refractivity contribution >= 4 is 46.6 Å². The van der Waals surface area contributed by atoms with E-state index in [1.807, 2.05) is 17.5 Å². The SMILES string of the molecule is O=C(O)CSCCCSC1C(=O)CC(O)[C@@H]1C=CC(O)Cc1cccs1. The number of hydrogen-bond donors (Lipinski definition) is 3. The maximum Gasteiger partial charge on any atom is 0.313 e. The van der Waals surface area contributed by atoms with E-state index in [1.54, 1.807) is 23.5 Å². The van der Waals surface area contributed by atoms with Crippen molar-refractivity contribution in [3.63, 3.8) is 0 Å². The van der Waals surface area contributed by atoms with Crippen molar-refractivity contribution in [2.75, 3.05) is 17.3 Å². The van der Waals surface area contributed by atoms with Gasteiger partial charge in [0.25, 0.3) is 0 Å². The molecular weight excluding hydrogens is 392 g/mol. The zero-order valence-corrected chi connectivity index (χ0v) is 16.8. The molecule has 0 aliphatic heterocycles. The summed E-state index contributed by atoms with van der Waals surface area (Å²) in [5.74, 6) is 0.531. The van der Waals surface area contributed by atoms with Crippen molar-refractivity contribution < 1.29 is 24.9 Å². The second kappa shape index (κ2) is 11.1. The standard InChI is InChI=1S/C18H24O5S3/c19-12(9-13-3-1-7-25-13)4-5-14-15(20)10-16(21)18(14)26-8-2-6-24-11-17(22)23/h1,3-5,7,12,14-15,18-20H,2,6,8-11H2,(H,22,23)/t12?,14-,15?,18?/m0/s1. The number of thioether (sulfide) groups is 2. The van der Waals surface area contributed by atoms with Gasteiger partial charge in [-0.25, -0.2) is 0 Å². The highest BCUT2D eigenvalue weighted by Crippen LogP contribution is 2.34. The minimum absolute atomic E-state index is 0.0445. The molecule has 0 amide bonds. The van der Waals surface area contributed by atoms with E-state index in [2.05, 4.69) is 0 Å². The quantitative estimate of drug-likeness (QED) is 0.377. The molecule has 0 radical (unpaired) electrons. The molecule has 1 fully saturated rings. The van der Waals surface area contributed by atoms with Gasteiger partial charge in [0.1, 0.15) is 5.78 Å². The fraction of sp³-hybridized carbons (Fsp3) is 0.556. The van der Waals surface area contributed by atoms with Crippen molar-refractivity contribution in [3.05, 3.63) is 34.5 Å². The van der Waals surface area contributed by atoms with Crippen molar-refractivity contribution in [3.8, 4) is 0 Å². The van der Waals surface area contributed by atoms with Gasteiger partial charge in [-0.1, -0.05) is 18.2 Å². The molecule has 1 heterocycles. The summed E-state index contributed by atoms with van der Waals surface area (Å²) in [4.78, 5) is 23.7. The van der Waals surface area contributed by atoms with Gasteiger partial charge in [-0.15, -0.1) is 23.1 Å². The van der Waals surface area contributed by atoms with Crippen LogP contribution in [0.15, 0.2) is 29.7 Å². The Labute approximate surface area is 165 Å². The molecule has 1 aliphatic carbocycles. The zero-order chi connectivity index (χ0) is 18.9. The Hall–Kier alpha value is -0.800. The van der Waals surface area contributed by atoms with E-state index in [1.165, 1.54) is 23.5 Å². The minimum Gasteiger partial charge on any atom is -0.481 e.